The van der Waals surface area contributed by atoms with Crippen molar-refractivity contribution in [2.75, 3.05) is 26.2 Å². The Kier molecular flexibility index (Phi) is 7.28. The molecule has 1 aromatic carbocycles. The van der Waals surface area contributed by atoms with E-state index in [1.54, 1.807) is 0 Å². The first-order chi connectivity index (χ1) is 12.2. The van der Waals surface area contributed by atoms with Crippen LogP contribution in [0, 0.1) is 0 Å². The van der Waals surface area contributed by atoms with Gasteiger partial charge in [-0.05, 0) is 38.0 Å². The van der Waals surface area contributed by atoms with E-state index < -0.39 is 6.36 Å². The van der Waals surface area contributed by atoms with Gasteiger partial charge in [-0.15, -0.1) is 13.2 Å². The highest BCUT2D eigenvalue weighted by Gasteiger charge is 2.31. The molecule has 1 aliphatic rings. The molecule has 8 heteroatoms. The topological polar surface area (TPSA) is 50.8 Å². The smallest absolute Gasteiger partial charge is 0.406 e. The minimum Gasteiger partial charge on any atom is -0.406 e. The SMILES string of the molecule is CC1CN(CCCNC(=O)Cc2ccc(OC(F)(F)F)cc2)CC(C)O1. The van der Waals surface area contributed by atoms with Gasteiger partial charge in [0.15, 0.2) is 0 Å². The first kappa shape index (κ1) is 20.5. The first-order valence-corrected chi connectivity index (χ1v) is 8.70. The summed E-state index contributed by atoms with van der Waals surface area (Å²) in [5, 5.41) is 2.84. The summed E-state index contributed by atoms with van der Waals surface area (Å²) in [5.41, 5.74) is 0.632. The van der Waals surface area contributed by atoms with Crippen molar-refractivity contribution in [1.29, 1.82) is 0 Å². The molecule has 2 atom stereocenters. The second-order valence-corrected chi connectivity index (χ2v) is 6.59. The van der Waals surface area contributed by atoms with Crippen molar-refractivity contribution in [2.24, 2.45) is 0 Å². The Bertz CT molecular complexity index is 568. The normalized spacial score (nSPS) is 21.4. The summed E-state index contributed by atoms with van der Waals surface area (Å²) >= 11 is 0. The second kappa shape index (κ2) is 9.23. The van der Waals surface area contributed by atoms with Crippen LogP contribution in [0.15, 0.2) is 24.3 Å². The Morgan fingerprint density at radius 3 is 2.42 bits per heavy atom. The molecule has 1 aromatic rings. The van der Waals surface area contributed by atoms with Gasteiger partial charge in [-0.1, -0.05) is 12.1 Å². The number of benzene rings is 1. The molecule has 0 aliphatic carbocycles. The first-order valence-electron chi connectivity index (χ1n) is 8.70. The Morgan fingerprint density at radius 1 is 1.23 bits per heavy atom. The van der Waals surface area contributed by atoms with Crippen molar-refractivity contribution in [3.8, 4) is 5.75 Å². The van der Waals surface area contributed by atoms with Gasteiger partial charge in [-0.25, -0.2) is 0 Å². The molecule has 5 nitrogen and oxygen atoms in total. The van der Waals surface area contributed by atoms with Gasteiger partial charge in [0, 0.05) is 26.2 Å². The van der Waals surface area contributed by atoms with Crippen LogP contribution in [0.4, 0.5) is 13.2 Å². The Balaban J connectivity index is 1.65. The minimum absolute atomic E-state index is 0.123. The van der Waals surface area contributed by atoms with Gasteiger partial charge in [0.05, 0.1) is 18.6 Å². The maximum atomic E-state index is 12.1. The Labute approximate surface area is 151 Å². The molecule has 1 saturated heterocycles. The fraction of sp³-hybridized carbons (Fsp3) is 0.611. The van der Waals surface area contributed by atoms with Crippen LogP contribution in [0.1, 0.15) is 25.8 Å². The van der Waals surface area contributed by atoms with Gasteiger partial charge in [-0.3, -0.25) is 9.69 Å². The highest BCUT2D eigenvalue weighted by Crippen LogP contribution is 2.22. The quantitative estimate of drug-likeness (QED) is 0.746. The monoisotopic (exact) mass is 374 g/mol. The van der Waals surface area contributed by atoms with E-state index >= 15 is 0 Å². The van der Waals surface area contributed by atoms with Gasteiger partial charge in [-0.2, -0.15) is 0 Å². The zero-order chi connectivity index (χ0) is 19.2. The fourth-order valence-corrected chi connectivity index (χ4v) is 3.05. The molecule has 1 fully saturated rings. The van der Waals surface area contributed by atoms with Crippen molar-refractivity contribution in [3.05, 3.63) is 29.8 Å². The van der Waals surface area contributed by atoms with Crippen LogP contribution in [0.5, 0.6) is 5.75 Å². The maximum absolute atomic E-state index is 12.1. The molecular formula is C18H25F3N2O3. The molecule has 0 spiro atoms. The van der Waals surface area contributed by atoms with Crippen LogP contribution in [0.3, 0.4) is 0 Å². The van der Waals surface area contributed by atoms with Crippen LogP contribution < -0.4 is 10.1 Å². The zero-order valence-electron chi connectivity index (χ0n) is 15.0. The number of morpholine rings is 1. The molecule has 1 N–H and O–H groups in total. The van der Waals surface area contributed by atoms with E-state index in [2.05, 4.69) is 28.8 Å². The van der Waals surface area contributed by atoms with Crippen molar-refractivity contribution in [3.63, 3.8) is 0 Å². The molecule has 146 valence electrons. The molecule has 1 heterocycles. The zero-order valence-corrected chi connectivity index (χ0v) is 15.0. The number of ether oxygens (including phenoxy) is 2. The summed E-state index contributed by atoms with van der Waals surface area (Å²) in [6.07, 6.45) is -3.31. The van der Waals surface area contributed by atoms with E-state index in [0.29, 0.717) is 12.1 Å². The molecule has 2 unspecified atom stereocenters. The second-order valence-electron chi connectivity index (χ2n) is 6.59. The largest absolute Gasteiger partial charge is 0.573 e. The summed E-state index contributed by atoms with van der Waals surface area (Å²) in [7, 11) is 0. The molecular weight excluding hydrogens is 349 g/mol. The summed E-state index contributed by atoms with van der Waals surface area (Å²) in [6.45, 7) is 7.34. The van der Waals surface area contributed by atoms with E-state index in [1.165, 1.54) is 24.3 Å². The lowest BCUT2D eigenvalue weighted by Gasteiger charge is -2.35. The lowest BCUT2D eigenvalue weighted by Crippen LogP contribution is -2.46. The summed E-state index contributed by atoms with van der Waals surface area (Å²) in [4.78, 5) is 14.2. The number of alkyl halides is 3. The third-order valence-corrected chi connectivity index (χ3v) is 3.99. The van der Waals surface area contributed by atoms with Gasteiger partial charge in [0.2, 0.25) is 5.91 Å². The number of carbonyl (C=O) groups is 1. The Morgan fingerprint density at radius 2 is 1.85 bits per heavy atom. The number of nitrogens with zero attached hydrogens (tertiary/aromatic N) is 1. The molecule has 1 aliphatic heterocycles. The summed E-state index contributed by atoms with van der Waals surface area (Å²) < 4.78 is 45.8. The molecule has 1 amide bonds. The molecule has 2 rings (SSSR count). The van der Waals surface area contributed by atoms with Gasteiger partial charge in [0.25, 0.3) is 0 Å². The standard InChI is InChI=1S/C18H25F3N2O3/c1-13-11-23(12-14(2)25-13)9-3-8-22-17(24)10-15-4-6-16(7-5-15)26-18(19,20)21/h4-7,13-14H,3,8-12H2,1-2H3,(H,22,24). The predicted octanol–water partition coefficient (Wildman–Crippen LogP) is 2.74. The van der Waals surface area contributed by atoms with Crippen LogP contribution in [0.2, 0.25) is 0 Å². The number of nitrogens with one attached hydrogen (secondary N) is 1. The number of rotatable bonds is 7. The number of hydrogen-bond acceptors (Lipinski definition) is 4. The molecule has 0 bridgehead atoms. The van der Waals surface area contributed by atoms with Crippen LogP contribution in [-0.2, 0) is 16.0 Å². The third-order valence-electron chi connectivity index (χ3n) is 3.99. The number of carbonyl (C=O) groups excluding carboxylic acids is 1. The van der Waals surface area contributed by atoms with Crippen molar-refractivity contribution >= 4 is 5.91 Å². The van der Waals surface area contributed by atoms with E-state index in [4.69, 9.17) is 4.74 Å². The van der Waals surface area contributed by atoms with Crippen molar-refractivity contribution in [2.45, 2.75) is 45.3 Å². The molecule has 0 saturated carbocycles. The van der Waals surface area contributed by atoms with Crippen molar-refractivity contribution in [1.82, 2.24) is 10.2 Å². The van der Waals surface area contributed by atoms with E-state index in [0.717, 1.165) is 26.1 Å². The minimum atomic E-state index is -4.71. The fourth-order valence-electron chi connectivity index (χ4n) is 3.05. The lowest BCUT2D eigenvalue weighted by molar-refractivity contribution is -0.274. The van der Waals surface area contributed by atoms with E-state index in [1.807, 2.05) is 0 Å². The van der Waals surface area contributed by atoms with E-state index in [9.17, 15) is 18.0 Å². The van der Waals surface area contributed by atoms with Gasteiger partial charge >= 0.3 is 6.36 Å². The van der Waals surface area contributed by atoms with Crippen LogP contribution in [-0.4, -0.2) is 55.6 Å². The van der Waals surface area contributed by atoms with Crippen LogP contribution in [0.25, 0.3) is 0 Å². The average molecular weight is 374 g/mol. The highest BCUT2D eigenvalue weighted by atomic mass is 19.4. The highest BCUT2D eigenvalue weighted by molar-refractivity contribution is 5.78. The van der Waals surface area contributed by atoms with Gasteiger partial charge in [0.1, 0.15) is 5.75 Å². The third kappa shape index (κ3) is 7.61. The molecule has 0 radical (unpaired) electrons. The Hall–Kier alpha value is -1.80. The number of halogens is 3. The number of amides is 1. The number of hydrogen-bond donors (Lipinski definition) is 1. The van der Waals surface area contributed by atoms with Crippen LogP contribution >= 0.6 is 0 Å². The van der Waals surface area contributed by atoms with Crippen molar-refractivity contribution < 1.29 is 27.4 Å². The molecule has 26 heavy (non-hydrogen) atoms. The van der Waals surface area contributed by atoms with E-state index in [-0.39, 0.29) is 30.3 Å². The van der Waals surface area contributed by atoms with Gasteiger partial charge < -0.3 is 14.8 Å². The lowest BCUT2D eigenvalue weighted by atomic mass is 10.1. The summed E-state index contributed by atoms with van der Waals surface area (Å²) in [6, 6.07) is 5.32. The molecule has 0 aromatic heterocycles. The average Bonchev–Trinajstić information content (AvgIpc) is 2.51. The maximum Gasteiger partial charge on any atom is 0.573 e. The summed E-state index contributed by atoms with van der Waals surface area (Å²) in [5.74, 6) is -0.450. The predicted molar refractivity (Wildman–Crippen MR) is 90.9 cm³/mol.